The zero-order valence-corrected chi connectivity index (χ0v) is 21.3. The molecule has 1 N–H and O–H groups in total. The van der Waals surface area contributed by atoms with Gasteiger partial charge in [0, 0.05) is 30.2 Å². The van der Waals surface area contributed by atoms with Crippen LogP contribution in [0, 0.1) is 11.7 Å². The van der Waals surface area contributed by atoms with E-state index in [1.165, 1.54) is 36.6 Å². The van der Waals surface area contributed by atoms with Crippen LogP contribution in [0.3, 0.4) is 0 Å². The summed E-state index contributed by atoms with van der Waals surface area (Å²) in [7, 11) is 1.92. The molecule has 2 heterocycles. The highest BCUT2D eigenvalue weighted by atomic mass is 19.1. The number of rotatable bonds is 7. The van der Waals surface area contributed by atoms with Gasteiger partial charge in [-0.15, -0.1) is 0 Å². The highest BCUT2D eigenvalue weighted by Gasteiger charge is 2.45. The third kappa shape index (κ3) is 4.53. The van der Waals surface area contributed by atoms with Crippen LogP contribution in [0.2, 0.25) is 0 Å². The molecule has 1 aliphatic heterocycles. The van der Waals surface area contributed by atoms with Crippen LogP contribution in [0.15, 0.2) is 30.5 Å². The molecule has 35 heavy (non-hydrogen) atoms. The number of aliphatic carboxylic acids is 1. The Morgan fingerprint density at radius 1 is 1.29 bits per heavy atom. The van der Waals surface area contributed by atoms with E-state index in [9.17, 15) is 14.3 Å². The fourth-order valence-electron chi connectivity index (χ4n) is 7.16. The number of piperidine rings is 1. The third-order valence-electron chi connectivity index (χ3n) is 9.46. The molecule has 1 saturated heterocycles. The molecule has 1 spiro atoms. The number of hydrogen-bond donors (Lipinski definition) is 1. The van der Waals surface area contributed by atoms with Crippen LogP contribution in [0.4, 0.5) is 4.39 Å². The molecule has 4 atom stereocenters. The number of hydrogen-bond acceptors (Lipinski definition) is 4. The fourth-order valence-corrected chi connectivity index (χ4v) is 7.16. The van der Waals surface area contributed by atoms with Crippen LogP contribution >= 0.6 is 0 Å². The molecular weight excluding hydrogens is 443 g/mol. The Hall–Kier alpha value is -2.25. The van der Waals surface area contributed by atoms with Crippen LogP contribution < -0.4 is 0 Å². The van der Waals surface area contributed by atoms with Crippen molar-refractivity contribution in [3.05, 3.63) is 53.1 Å². The Morgan fingerprint density at radius 3 is 2.74 bits per heavy atom. The van der Waals surface area contributed by atoms with Crippen molar-refractivity contribution in [2.45, 2.75) is 82.3 Å². The summed E-state index contributed by atoms with van der Waals surface area (Å²) >= 11 is 0. The van der Waals surface area contributed by atoms with Crippen molar-refractivity contribution in [2.75, 3.05) is 26.7 Å². The molecule has 7 heteroatoms. The SMILES string of the molecule is CCn1ncc2c1CCC21CCN(C[C@H]2C[C@H](N(C)[C@H](C)C(=O)O)C[C@@H]2c2cccc(F)c2)CC1. The van der Waals surface area contributed by atoms with Crippen molar-refractivity contribution >= 4 is 5.97 Å². The van der Waals surface area contributed by atoms with Crippen LogP contribution in [0.1, 0.15) is 68.7 Å². The number of likely N-dealkylation sites (tertiary alicyclic amines) is 1. The van der Waals surface area contributed by atoms with Crippen LogP contribution in [-0.4, -0.2) is 69.4 Å². The van der Waals surface area contributed by atoms with Crippen molar-refractivity contribution in [3.63, 3.8) is 0 Å². The van der Waals surface area contributed by atoms with Gasteiger partial charge in [-0.2, -0.15) is 5.10 Å². The molecule has 0 bridgehead atoms. The van der Waals surface area contributed by atoms with Gasteiger partial charge in [0.2, 0.25) is 0 Å². The fraction of sp³-hybridized carbons (Fsp3) is 0.643. The highest BCUT2D eigenvalue weighted by molar-refractivity contribution is 5.72. The van der Waals surface area contributed by atoms with Crippen molar-refractivity contribution in [2.24, 2.45) is 5.92 Å². The van der Waals surface area contributed by atoms with E-state index in [0.29, 0.717) is 5.92 Å². The van der Waals surface area contributed by atoms with Gasteiger partial charge >= 0.3 is 5.97 Å². The van der Waals surface area contributed by atoms with Crippen LogP contribution in [-0.2, 0) is 23.2 Å². The number of carboxylic acids is 1. The molecular formula is C28H39FN4O2. The molecule has 2 aliphatic carbocycles. The van der Waals surface area contributed by atoms with Gasteiger partial charge in [-0.3, -0.25) is 14.4 Å². The zero-order valence-electron chi connectivity index (χ0n) is 21.3. The Morgan fingerprint density at radius 2 is 2.06 bits per heavy atom. The first-order valence-electron chi connectivity index (χ1n) is 13.3. The monoisotopic (exact) mass is 482 g/mol. The van der Waals surface area contributed by atoms with E-state index in [1.807, 2.05) is 18.0 Å². The second-order valence-electron chi connectivity index (χ2n) is 11.1. The molecule has 3 aliphatic rings. The van der Waals surface area contributed by atoms with E-state index in [-0.39, 0.29) is 23.2 Å². The summed E-state index contributed by atoms with van der Waals surface area (Å²) in [6, 6.07) is 6.69. The maximum atomic E-state index is 14.1. The second-order valence-corrected chi connectivity index (χ2v) is 11.1. The normalized spacial score (nSPS) is 26.9. The smallest absolute Gasteiger partial charge is 0.320 e. The molecule has 0 radical (unpaired) electrons. The van der Waals surface area contributed by atoms with Gasteiger partial charge in [0.05, 0.1) is 6.20 Å². The van der Waals surface area contributed by atoms with E-state index in [4.69, 9.17) is 0 Å². The quantitative estimate of drug-likeness (QED) is 0.638. The summed E-state index contributed by atoms with van der Waals surface area (Å²) < 4.78 is 16.3. The summed E-state index contributed by atoms with van der Waals surface area (Å²) in [5, 5.41) is 14.2. The average Bonchev–Trinajstić information content (AvgIpc) is 3.55. The lowest BCUT2D eigenvalue weighted by Crippen LogP contribution is -2.44. The molecule has 1 aromatic carbocycles. The van der Waals surface area contributed by atoms with E-state index in [2.05, 4.69) is 27.8 Å². The topological polar surface area (TPSA) is 61.6 Å². The van der Waals surface area contributed by atoms with Crippen molar-refractivity contribution in [3.8, 4) is 0 Å². The zero-order chi connectivity index (χ0) is 24.7. The minimum Gasteiger partial charge on any atom is -0.480 e. The highest BCUT2D eigenvalue weighted by Crippen LogP contribution is 2.47. The Bertz CT molecular complexity index is 1060. The largest absolute Gasteiger partial charge is 0.480 e. The Kier molecular flexibility index (Phi) is 6.75. The summed E-state index contributed by atoms with van der Waals surface area (Å²) in [5.74, 6) is -0.347. The maximum absolute atomic E-state index is 14.1. The maximum Gasteiger partial charge on any atom is 0.320 e. The van der Waals surface area contributed by atoms with Gasteiger partial charge in [0.15, 0.2) is 0 Å². The average molecular weight is 483 g/mol. The van der Waals surface area contributed by atoms with Crippen LogP contribution in [0.25, 0.3) is 0 Å². The molecule has 190 valence electrons. The number of likely N-dealkylation sites (N-methyl/N-ethyl adjacent to an activating group) is 1. The summed E-state index contributed by atoms with van der Waals surface area (Å²) in [6.07, 6.45) is 8.68. The number of aromatic nitrogens is 2. The number of benzene rings is 1. The van der Waals surface area contributed by atoms with Gasteiger partial charge in [-0.1, -0.05) is 12.1 Å². The van der Waals surface area contributed by atoms with E-state index < -0.39 is 12.0 Å². The summed E-state index contributed by atoms with van der Waals surface area (Å²) in [6.45, 7) is 8.01. The lowest BCUT2D eigenvalue weighted by molar-refractivity contribution is -0.142. The van der Waals surface area contributed by atoms with Crippen molar-refractivity contribution < 1.29 is 14.3 Å². The van der Waals surface area contributed by atoms with Gasteiger partial charge in [-0.05, 0) is 108 Å². The predicted octanol–water partition coefficient (Wildman–Crippen LogP) is 4.29. The number of halogens is 1. The lowest BCUT2D eigenvalue weighted by Gasteiger charge is -2.41. The first-order chi connectivity index (χ1) is 16.8. The van der Waals surface area contributed by atoms with E-state index >= 15 is 0 Å². The number of fused-ring (bicyclic) bond motifs is 2. The van der Waals surface area contributed by atoms with E-state index in [0.717, 1.165) is 51.0 Å². The second kappa shape index (κ2) is 9.66. The summed E-state index contributed by atoms with van der Waals surface area (Å²) in [4.78, 5) is 16.2. The Labute approximate surface area is 208 Å². The first-order valence-corrected chi connectivity index (χ1v) is 13.3. The molecule has 2 fully saturated rings. The number of nitrogens with zero attached hydrogens (tertiary/aromatic N) is 4. The minimum atomic E-state index is -0.790. The molecule has 1 saturated carbocycles. The lowest BCUT2D eigenvalue weighted by atomic mass is 9.74. The predicted molar refractivity (Wildman–Crippen MR) is 134 cm³/mol. The summed E-state index contributed by atoms with van der Waals surface area (Å²) in [5.41, 5.74) is 4.27. The first kappa shape index (κ1) is 24.4. The minimum absolute atomic E-state index is 0.188. The van der Waals surface area contributed by atoms with Crippen molar-refractivity contribution in [1.82, 2.24) is 19.6 Å². The van der Waals surface area contributed by atoms with Crippen LogP contribution in [0.5, 0.6) is 0 Å². The van der Waals surface area contributed by atoms with E-state index in [1.54, 1.807) is 19.1 Å². The number of aryl methyl sites for hydroxylation is 1. The van der Waals surface area contributed by atoms with Crippen molar-refractivity contribution in [1.29, 1.82) is 0 Å². The standard InChI is InChI=1S/C28H39FN4O2/c1-4-33-26-8-9-28(25(26)17-30-33)10-12-32(13-11-28)18-21-15-23(31(3)19(2)27(34)35)16-24(21)20-6-5-7-22(29)14-20/h5-7,14,17,19,21,23-24H,4,8-13,15-16,18H2,1-3H3,(H,34,35)/t19-,21-,23+,24-/m1/s1. The number of carboxylic acid groups (broad SMARTS) is 1. The van der Waals surface area contributed by atoms with Gasteiger partial charge in [0.25, 0.3) is 0 Å². The van der Waals surface area contributed by atoms with Gasteiger partial charge in [-0.25, -0.2) is 4.39 Å². The molecule has 1 aromatic heterocycles. The van der Waals surface area contributed by atoms with Gasteiger partial charge < -0.3 is 10.0 Å². The molecule has 0 unspecified atom stereocenters. The molecule has 6 nitrogen and oxygen atoms in total. The molecule has 0 amide bonds. The Balaban J connectivity index is 1.29. The third-order valence-corrected chi connectivity index (χ3v) is 9.46. The number of carbonyl (C=O) groups is 1. The molecule has 5 rings (SSSR count). The molecule has 2 aromatic rings. The van der Waals surface area contributed by atoms with Gasteiger partial charge in [0.1, 0.15) is 11.9 Å².